The minimum atomic E-state index is -0.183. The minimum Gasteiger partial charge on any atom is -0.387 e. The Balaban J connectivity index is 1.67. The molecule has 0 aliphatic heterocycles. The highest BCUT2D eigenvalue weighted by atomic mass is 16.3. The van der Waals surface area contributed by atoms with Gasteiger partial charge in [-0.1, -0.05) is 77.6 Å². The van der Waals surface area contributed by atoms with Gasteiger partial charge in [-0.05, 0) is 47.9 Å². The maximum atomic E-state index is 10.5. The van der Waals surface area contributed by atoms with Crippen molar-refractivity contribution in [1.29, 1.82) is 0 Å². The summed E-state index contributed by atoms with van der Waals surface area (Å²) in [5, 5.41) is 10.5. The zero-order valence-corrected chi connectivity index (χ0v) is 20.4. The Morgan fingerprint density at radius 1 is 1.06 bits per heavy atom. The number of quaternary nitrogens is 1. The maximum absolute atomic E-state index is 10.5. The van der Waals surface area contributed by atoms with E-state index < -0.39 is 0 Å². The zero-order chi connectivity index (χ0) is 22.3. The molecule has 2 atom stereocenters. The largest absolute Gasteiger partial charge is 0.387 e. The molecule has 172 valence electrons. The van der Waals surface area contributed by atoms with Crippen LogP contribution in [0.3, 0.4) is 0 Å². The average Bonchev–Trinajstić information content (AvgIpc) is 3.15. The van der Waals surface area contributed by atoms with Crippen LogP contribution in [-0.4, -0.2) is 28.9 Å². The summed E-state index contributed by atoms with van der Waals surface area (Å²) in [5.41, 5.74) is 4.32. The first-order chi connectivity index (χ1) is 14.8. The fourth-order valence-electron chi connectivity index (χ4n) is 5.12. The summed E-state index contributed by atoms with van der Waals surface area (Å²) in [5.74, 6) is 0.825. The normalized spacial score (nSPS) is 17.6. The van der Waals surface area contributed by atoms with Gasteiger partial charge in [0.25, 0.3) is 0 Å². The van der Waals surface area contributed by atoms with E-state index in [-0.39, 0.29) is 11.5 Å². The van der Waals surface area contributed by atoms with E-state index in [4.69, 9.17) is 0 Å². The smallest absolute Gasteiger partial charge is 0.118 e. The summed E-state index contributed by atoms with van der Waals surface area (Å²) in [4.78, 5) is 1.55. The van der Waals surface area contributed by atoms with Crippen LogP contribution in [0.4, 0.5) is 0 Å². The lowest BCUT2D eigenvalue weighted by Gasteiger charge is -2.29. The van der Waals surface area contributed by atoms with Gasteiger partial charge in [-0.2, -0.15) is 0 Å². The Kier molecular flexibility index (Phi) is 8.80. The Labute approximate surface area is 190 Å². The Morgan fingerprint density at radius 2 is 1.77 bits per heavy atom. The first kappa shape index (κ1) is 24.1. The lowest BCUT2D eigenvalue weighted by Crippen LogP contribution is -3.12. The summed E-state index contributed by atoms with van der Waals surface area (Å²) in [6, 6.07) is 13.6. The number of aliphatic hydroxyl groups excluding tert-OH is 1. The lowest BCUT2D eigenvalue weighted by atomic mass is 9.87. The van der Waals surface area contributed by atoms with Gasteiger partial charge in [0, 0.05) is 18.7 Å². The number of hydrogen-bond acceptors (Lipinski definition) is 1. The van der Waals surface area contributed by atoms with Crippen LogP contribution in [-0.2, 0) is 18.5 Å². The molecule has 1 unspecified atom stereocenters. The number of aliphatic hydroxyl groups is 1. The molecule has 1 fully saturated rings. The monoisotopic (exact) mass is 425 g/mol. The van der Waals surface area contributed by atoms with Crippen LogP contribution < -0.4 is 4.90 Å². The van der Waals surface area contributed by atoms with E-state index in [9.17, 15) is 5.11 Å². The van der Waals surface area contributed by atoms with E-state index in [1.54, 1.807) is 4.90 Å². The van der Waals surface area contributed by atoms with E-state index in [0.29, 0.717) is 0 Å². The standard InChI is InChI=1S/C28H44N2O/c1-5-10-27(31)22-29(19-23-11-7-6-8-12-23)21-26-13-9-18-30(26)20-24-14-16-25(17-15-24)28(2,3)4/h9,13-18,23,27,31H,5-8,10-12,19-22H2,1-4H3/p+1/t27-/m1/s1. The number of aromatic nitrogens is 1. The fourth-order valence-corrected chi connectivity index (χ4v) is 5.12. The van der Waals surface area contributed by atoms with Crippen molar-refractivity contribution in [3.05, 3.63) is 59.4 Å². The maximum Gasteiger partial charge on any atom is 0.118 e. The minimum absolute atomic E-state index is 0.183. The van der Waals surface area contributed by atoms with Crippen LogP contribution in [0.1, 0.15) is 89.5 Å². The summed E-state index contributed by atoms with van der Waals surface area (Å²) < 4.78 is 2.40. The molecular formula is C28H45N2O+. The van der Waals surface area contributed by atoms with Crippen molar-refractivity contribution < 1.29 is 10.0 Å². The van der Waals surface area contributed by atoms with Gasteiger partial charge in [-0.3, -0.25) is 0 Å². The van der Waals surface area contributed by atoms with E-state index in [1.807, 2.05) is 0 Å². The molecular weight excluding hydrogens is 380 g/mol. The highest BCUT2D eigenvalue weighted by molar-refractivity contribution is 5.28. The third-order valence-electron chi connectivity index (χ3n) is 6.98. The van der Waals surface area contributed by atoms with Gasteiger partial charge in [-0.25, -0.2) is 0 Å². The Morgan fingerprint density at radius 3 is 2.42 bits per heavy atom. The van der Waals surface area contributed by atoms with Crippen LogP contribution in [0, 0.1) is 5.92 Å². The molecule has 31 heavy (non-hydrogen) atoms. The van der Waals surface area contributed by atoms with Gasteiger partial charge in [0.15, 0.2) is 0 Å². The summed E-state index contributed by atoms with van der Waals surface area (Å²) >= 11 is 0. The summed E-state index contributed by atoms with van der Waals surface area (Å²) in [6.45, 7) is 13.0. The molecule has 3 heteroatoms. The van der Waals surface area contributed by atoms with E-state index in [2.05, 4.69) is 74.9 Å². The highest BCUT2D eigenvalue weighted by Crippen LogP contribution is 2.23. The van der Waals surface area contributed by atoms with Crippen LogP contribution in [0.5, 0.6) is 0 Å². The molecule has 0 radical (unpaired) electrons. The Bertz CT molecular complexity index is 765. The van der Waals surface area contributed by atoms with Gasteiger partial charge in [0.2, 0.25) is 0 Å². The molecule has 0 saturated heterocycles. The van der Waals surface area contributed by atoms with Gasteiger partial charge in [0.05, 0.1) is 12.2 Å². The first-order valence-electron chi connectivity index (χ1n) is 12.6. The SMILES string of the molecule is CCC[C@@H](O)C[NH+](Cc1cccn1Cc1ccc(C(C)(C)C)cc1)CC1CCCCC1. The predicted molar refractivity (Wildman–Crippen MR) is 131 cm³/mol. The summed E-state index contributed by atoms with van der Waals surface area (Å²) in [7, 11) is 0. The van der Waals surface area contributed by atoms with Crippen LogP contribution >= 0.6 is 0 Å². The fraction of sp³-hybridized carbons (Fsp3) is 0.643. The van der Waals surface area contributed by atoms with Crippen molar-refractivity contribution in [2.24, 2.45) is 5.92 Å². The molecule has 1 aromatic heterocycles. The molecule has 1 aromatic carbocycles. The second kappa shape index (κ2) is 11.3. The number of nitrogens with one attached hydrogen (secondary N) is 1. The quantitative estimate of drug-likeness (QED) is 0.553. The van der Waals surface area contributed by atoms with Gasteiger partial charge < -0.3 is 14.6 Å². The highest BCUT2D eigenvalue weighted by Gasteiger charge is 2.23. The molecule has 1 heterocycles. The molecule has 1 saturated carbocycles. The molecule has 0 amide bonds. The second-order valence-electron chi connectivity index (χ2n) is 10.9. The molecule has 2 N–H and O–H groups in total. The number of hydrogen-bond donors (Lipinski definition) is 2. The number of nitrogens with zero attached hydrogens (tertiary/aromatic N) is 1. The van der Waals surface area contributed by atoms with Crippen molar-refractivity contribution >= 4 is 0 Å². The average molecular weight is 426 g/mol. The third kappa shape index (κ3) is 7.50. The molecule has 3 nitrogen and oxygen atoms in total. The van der Waals surface area contributed by atoms with Gasteiger partial charge >= 0.3 is 0 Å². The number of rotatable bonds is 10. The first-order valence-corrected chi connectivity index (χ1v) is 12.6. The topological polar surface area (TPSA) is 29.6 Å². The molecule has 3 rings (SSSR count). The summed E-state index contributed by atoms with van der Waals surface area (Å²) in [6.07, 6.45) is 10.9. The zero-order valence-electron chi connectivity index (χ0n) is 20.4. The van der Waals surface area contributed by atoms with Crippen molar-refractivity contribution in [2.75, 3.05) is 13.1 Å². The van der Waals surface area contributed by atoms with E-state index in [1.165, 1.54) is 55.5 Å². The Hall–Kier alpha value is -1.58. The van der Waals surface area contributed by atoms with Crippen molar-refractivity contribution in [1.82, 2.24) is 4.57 Å². The molecule has 1 aliphatic carbocycles. The van der Waals surface area contributed by atoms with Crippen molar-refractivity contribution in [3.63, 3.8) is 0 Å². The van der Waals surface area contributed by atoms with Crippen LogP contribution in [0.2, 0.25) is 0 Å². The lowest BCUT2D eigenvalue weighted by molar-refractivity contribution is -0.920. The molecule has 0 bridgehead atoms. The van der Waals surface area contributed by atoms with Crippen LogP contribution in [0.25, 0.3) is 0 Å². The predicted octanol–water partition coefficient (Wildman–Crippen LogP) is 4.96. The molecule has 2 aromatic rings. The third-order valence-corrected chi connectivity index (χ3v) is 6.98. The van der Waals surface area contributed by atoms with Crippen molar-refractivity contribution in [3.8, 4) is 0 Å². The van der Waals surface area contributed by atoms with Gasteiger partial charge in [0.1, 0.15) is 19.2 Å². The van der Waals surface area contributed by atoms with Crippen molar-refractivity contribution in [2.45, 2.75) is 97.2 Å². The van der Waals surface area contributed by atoms with E-state index >= 15 is 0 Å². The second-order valence-corrected chi connectivity index (χ2v) is 10.9. The van der Waals surface area contributed by atoms with Gasteiger partial charge in [-0.15, -0.1) is 0 Å². The number of benzene rings is 1. The van der Waals surface area contributed by atoms with Crippen LogP contribution in [0.15, 0.2) is 42.6 Å². The molecule has 1 aliphatic rings. The molecule has 0 spiro atoms. The van der Waals surface area contributed by atoms with E-state index in [0.717, 1.165) is 38.4 Å².